The molecular formula is C28H26N2O4. The molecule has 0 N–H and O–H groups in total. The van der Waals surface area contributed by atoms with Crippen LogP contribution in [0.5, 0.6) is 0 Å². The van der Waals surface area contributed by atoms with E-state index in [-0.39, 0.29) is 24.4 Å². The second-order valence-corrected chi connectivity index (χ2v) is 7.79. The summed E-state index contributed by atoms with van der Waals surface area (Å²) in [5.74, 6) is -1.38. The highest BCUT2D eigenvalue weighted by molar-refractivity contribution is 6.22. The number of ether oxygens (including phenoxy) is 2. The van der Waals surface area contributed by atoms with Gasteiger partial charge in [0.25, 0.3) is 0 Å². The highest BCUT2D eigenvalue weighted by Gasteiger charge is 2.20. The summed E-state index contributed by atoms with van der Waals surface area (Å²) in [4.78, 5) is 25.7. The summed E-state index contributed by atoms with van der Waals surface area (Å²) in [5.41, 5.74) is -0.224. The lowest BCUT2D eigenvalue weighted by Crippen LogP contribution is -2.24. The number of unbranched alkanes of at least 4 members (excludes halogenated alkanes) is 2. The molecule has 0 aliphatic rings. The Labute approximate surface area is 198 Å². The quantitative estimate of drug-likeness (QED) is 0.289. The predicted molar refractivity (Wildman–Crippen MR) is 130 cm³/mol. The molecule has 0 radical (unpaired) electrons. The van der Waals surface area contributed by atoms with E-state index in [2.05, 4.69) is 0 Å². The highest BCUT2D eigenvalue weighted by atomic mass is 16.5. The number of nitriles is 2. The maximum Gasteiger partial charge on any atom is 0.349 e. The minimum atomic E-state index is -0.692. The van der Waals surface area contributed by atoms with Crippen molar-refractivity contribution in [2.45, 2.75) is 39.5 Å². The zero-order valence-corrected chi connectivity index (χ0v) is 19.4. The summed E-state index contributed by atoms with van der Waals surface area (Å²) in [7, 11) is 0. The molecule has 3 rings (SSSR count). The van der Waals surface area contributed by atoms with Gasteiger partial charge in [0.1, 0.15) is 23.3 Å². The van der Waals surface area contributed by atoms with E-state index in [4.69, 9.17) is 9.47 Å². The number of carbonyl (C=O) groups excluding carboxylic acids is 2. The summed E-state index contributed by atoms with van der Waals surface area (Å²) < 4.78 is 10.7. The minimum absolute atomic E-state index is 0.112. The van der Waals surface area contributed by atoms with Crippen molar-refractivity contribution in [3.8, 4) is 12.1 Å². The average molecular weight is 455 g/mol. The molecule has 0 aliphatic carbocycles. The van der Waals surface area contributed by atoms with Crippen molar-refractivity contribution in [3.05, 3.63) is 59.0 Å². The summed E-state index contributed by atoms with van der Waals surface area (Å²) in [5, 5.41) is 23.0. The molecule has 172 valence electrons. The van der Waals surface area contributed by atoms with E-state index in [0.29, 0.717) is 44.8 Å². The molecule has 0 unspecified atom stereocenters. The van der Waals surface area contributed by atoms with Crippen LogP contribution < -0.4 is 10.4 Å². The molecule has 0 saturated heterocycles. The van der Waals surface area contributed by atoms with Gasteiger partial charge >= 0.3 is 11.9 Å². The molecule has 0 aliphatic heterocycles. The van der Waals surface area contributed by atoms with Gasteiger partial charge in [0, 0.05) is 10.4 Å². The Morgan fingerprint density at radius 2 is 1.00 bits per heavy atom. The minimum Gasteiger partial charge on any atom is -0.462 e. The van der Waals surface area contributed by atoms with Crippen molar-refractivity contribution < 1.29 is 19.1 Å². The summed E-state index contributed by atoms with van der Waals surface area (Å²) in [6.45, 7) is 4.42. The fourth-order valence-corrected chi connectivity index (χ4v) is 3.84. The third-order valence-corrected chi connectivity index (χ3v) is 5.53. The summed E-state index contributed by atoms with van der Waals surface area (Å²) in [6.07, 6.45) is 3.12. The molecule has 0 fully saturated rings. The van der Waals surface area contributed by atoms with Gasteiger partial charge < -0.3 is 9.47 Å². The van der Waals surface area contributed by atoms with Crippen LogP contribution in [0.3, 0.4) is 0 Å². The molecule has 6 heteroatoms. The molecule has 0 atom stereocenters. The molecular weight excluding hydrogens is 428 g/mol. The van der Waals surface area contributed by atoms with Gasteiger partial charge in [-0.3, -0.25) is 0 Å². The molecule has 0 aromatic heterocycles. The van der Waals surface area contributed by atoms with Crippen molar-refractivity contribution in [2.24, 2.45) is 0 Å². The van der Waals surface area contributed by atoms with E-state index in [0.717, 1.165) is 12.8 Å². The average Bonchev–Trinajstić information content (AvgIpc) is 2.86. The lowest BCUT2D eigenvalue weighted by atomic mass is 9.93. The standard InChI is InChI=1S/C28H26N2O4/c1-3-5-15-33-27(31)23(17-29)25-19-11-7-9-13-21(19)26(22-14-10-8-12-20(22)25)24(18-30)28(32)34-16-6-4-2/h7-14H,3-6,15-16H2,1-2H3. The van der Waals surface area contributed by atoms with E-state index < -0.39 is 11.9 Å². The van der Waals surface area contributed by atoms with E-state index in [9.17, 15) is 20.1 Å². The van der Waals surface area contributed by atoms with Crippen LogP contribution >= 0.6 is 0 Å². The van der Waals surface area contributed by atoms with Gasteiger partial charge in [-0.15, -0.1) is 0 Å². The Bertz CT molecular complexity index is 1270. The van der Waals surface area contributed by atoms with Crippen LogP contribution in [-0.2, 0) is 19.1 Å². The van der Waals surface area contributed by atoms with E-state index in [1.807, 2.05) is 26.0 Å². The van der Waals surface area contributed by atoms with Crippen LogP contribution in [0.15, 0.2) is 48.5 Å². The SMILES string of the molecule is CCCCOC(=O)C(C#N)=c1c2ccccc2c(=C(C#N)C(=O)OCCCC)c2ccccc12. The second kappa shape index (κ2) is 11.6. The van der Waals surface area contributed by atoms with Gasteiger partial charge in [-0.05, 0) is 34.4 Å². The summed E-state index contributed by atoms with van der Waals surface area (Å²) >= 11 is 0. The largest absolute Gasteiger partial charge is 0.462 e. The fraction of sp³-hybridized carbons (Fsp3) is 0.286. The number of hydrogen-bond acceptors (Lipinski definition) is 6. The fourth-order valence-electron chi connectivity index (χ4n) is 3.84. The van der Waals surface area contributed by atoms with E-state index in [1.54, 1.807) is 48.5 Å². The van der Waals surface area contributed by atoms with Gasteiger partial charge in [0.2, 0.25) is 0 Å². The molecule has 0 saturated carbocycles. The van der Waals surface area contributed by atoms with Crippen LogP contribution in [-0.4, -0.2) is 25.2 Å². The first kappa shape index (κ1) is 24.5. The van der Waals surface area contributed by atoms with Crippen molar-refractivity contribution >= 4 is 44.6 Å². The number of benzene rings is 3. The molecule has 3 aromatic carbocycles. The Hall–Kier alpha value is -4.16. The first-order valence-electron chi connectivity index (χ1n) is 11.4. The van der Waals surface area contributed by atoms with Crippen LogP contribution in [0.1, 0.15) is 39.5 Å². The van der Waals surface area contributed by atoms with Gasteiger partial charge in [-0.25, -0.2) is 9.59 Å². The third kappa shape index (κ3) is 4.92. The van der Waals surface area contributed by atoms with Crippen LogP contribution in [0.4, 0.5) is 0 Å². The van der Waals surface area contributed by atoms with Crippen molar-refractivity contribution in [2.75, 3.05) is 13.2 Å². The predicted octanol–water partition coefficient (Wildman–Crippen LogP) is 4.03. The monoisotopic (exact) mass is 454 g/mol. The Morgan fingerprint density at radius 1 is 0.676 bits per heavy atom. The number of esters is 2. The van der Waals surface area contributed by atoms with E-state index >= 15 is 0 Å². The highest BCUT2D eigenvalue weighted by Crippen LogP contribution is 2.17. The smallest absolute Gasteiger partial charge is 0.349 e. The molecule has 0 heterocycles. The Balaban J connectivity index is 2.48. The first-order chi connectivity index (χ1) is 16.6. The number of carbonyl (C=O) groups is 2. The van der Waals surface area contributed by atoms with Crippen LogP contribution in [0.25, 0.3) is 32.7 Å². The van der Waals surface area contributed by atoms with Crippen molar-refractivity contribution in [1.82, 2.24) is 0 Å². The molecule has 0 spiro atoms. The normalized spacial score (nSPS) is 10.4. The zero-order chi connectivity index (χ0) is 24.5. The lowest BCUT2D eigenvalue weighted by Gasteiger charge is -2.11. The first-order valence-corrected chi connectivity index (χ1v) is 11.4. The number of rotatable bonds is 8. The number of nitrogens with zero attached hydrogens (tertiary/aromatic N) is 2. The Kier molecular flexibility index (Phi) is 8.37. The Morgan fingerprint density at radius 3 is 1.26 bits per heavy atom. The molecule has 6 nitrogen and oxygen atoms in total. The molecule has 0 bridgehead atoms. The van der Waals surface area contributed by atoms with Crippen LogP contribution in [0, 0.1) is 22.7 Å². The van der Waals surface area contributed by atoms with Gasteiger partial charge in [0.05, 0.1) is 13.2 Å². The zero-order valence-electron chi connectivity index (χ0n) is 19.4. The van der Waals surface area contributed by atoms with Gasteiger partial charge in [0.15, 0.2) is 0 Å². The van der Waals surface area contributed by atoms with Gasteiger partial charge in [-0.1, -0.05) is 75.2 Å². The molecule has 3 aromatic rings. The molecule has 34 heavy (non-hydrogen) atoms. The maximum absolute atomic E-state index is 12.9. The third-order valence-electron chi connectivity index (χ3n) is 5.53. The second-order valence-electron chi connectivity index (χ2n) is 7.79. The van der Waals surface area contributed by atoms with E-state index in [1.165, 1.54) is 0 Å². The topological polar surface area (TPSA) is 100 Å². The molecule has 0 amide bonds. The number of fused-ring (bicyclic) bond motifs is 2. The summed E-state index contributed by atoms with van der Waals surface area (Å²) in [6, 6.07) is 18.3. The maximum atomic E-state index is 12.9. The van der Waals surface area contributed by atoms with Crippen molar-refractivity contribution in [1.29, 1.82) is 10.5 Å². The lowest BCUT2D eigenvalue weighted by molar-refractivity contribution is -0.137. The number of hydrogen-bond donors (Lipinski definition) is 0. The van der Waals surface area contributed by atoms with Gasteiger partial charge in [-0.2, -0.15) is 10.5 Å². The van der Waals surface area contributed by atoms with Crippen molar-refractivity contribution in [3.63, 3.8) is 0 Å². The van der Waals surface area contributed by atoms with Crippen LogP contribution in [0.2, 0.25) is 0 Å².